The summed E-state index contributed by atoms with van der Waals surface area (Å²) in [6.07, 6.45) is 11.5. The first-order valence-electron chi connectivity index (χ1n) is 12.9. The van der Waals surface area contributed by atoms with Gasteiger partial charge in [-0.15, -0.1) is 0 Å². The average Bonchev–Trinajstić information content (AvgIpc) is 3.18. The molecule has 31 heavy (non-hydrogen) atoms. The van der Waals surface area contributed by atoms with Crippen LogP contribution in [-0.4, -0.2) is 35.5 Å². The van der Waals surface area contributed by atoms with E-state index < -0.39 is 5.79 Å². The molecule has 1 spiro atoms. The second kappa shape index (κ2) is 6.67. The number of ether oxygens (including phenoxy) is 2. The van der Waals surface area contributed by atoms with Crippen LogP contribution in [-0.2, 0) is 14.3 Å². The Kier molecular flexibility index (Phi) is 4.49. The van der Waals surface area contributed by atoms with Crippen LogP contribution in [0.1, 0.15) is 72.6 Å². The van der Waals surface area contributed by atoms with Gasteiger partial charge in [-0.3, -0.25) is 4.79 Å². The summed E-state index contributed by atoms with van der Waals surface area (Å²) >= 11 is 0. The second-order valence-electron chi connectivity index (χ2n) is 12.6. The van der Waals surface area contributed by atoms with Gasteiger partial charge < -0.3 is 14.6 Å². The van der Waals surface area contributed by atoms with Crippen molar-refractivity contribution in [2.45, 2.75) is 90.6 Å². The summed E-state index contributed by atoms with van der Waals surface area (Å²) in [4.78, 5) is 14.0. The number of aliphatic hydroxyl groups excluding tert-OH is 1. The summed E-state index contributed by atoms with van der Waals surface area (Å²) in [6, 6.07) is 0. The van der Waals surface area contributed by atoms with Gasteiger partial charge in [-0.2, -0.15) is 0 Å². The topological polar surface area (TPSA) is 55.8 Å². The SMILES string of the molecule is C[C@@H]1C=C[C@@]2(OC1)O[C@H]1C[C@H]3[C@@H]4CC[C@H]5C[C@@H](O)CC[C@]5(C)[C@H]4CC(=O)[C@]3(C)[C@H]1[C@@H]2C. The molecule has 4 saturated carbocycles. The molecule has 12 atom stereocenters. The molecule has 4 heteroatoms. The van der Waals surface area contributed by atoms with Crippen LogP contribution >= 0.6 is 0 Å². The van der Waals surface area contributed by atoms with Crippen molar-refractivity contribution in [3.8, 4) is 0 Å². The molecule has 6 rings (SSSR count). The Hall–Kier alpha value is -0.710. The van der Waals surface area contributed by atoms with Crippen molar-refractivity contribution in [2.24, 2.45) is 52.3 Å². The van der Waals surface area contributed by atoms with E-state index in [4.69, 9.17) is 9.47 Å². The van der Waals surface area contributed by atoms with Gasteiger partial charge in [0.1, 0.15) is 5.78 Å². The van der Waals surface area contributed by atoms with Gasteiger partial charge in [0.2, 0.25) is 0 Å². The first-order valence-corrected chi connectivity index (χ1v) is 12.9. The van der Waals surface area contributed by atoms with Crippen molar-refractivity contribution in [3.63, 3.8) is 0 Å². The summed E-state index contributed by atoms with van der Waals surface area (Å²) < 4.78 is 13.0. The number of carbonyl (C=O) groups is 1. The average molecular weight is 429 g/mol. The lowest BCUT2D eigenvalue weighted by Crippen LogP contribution is -2.58. The van der Waals surface area contributed by atoms with Gasteiger partial charge in [-0.1, -0.05) is 33.8 Å². The van der Waals surface area contributed by atoms with E-state index in [0.29, 0.717) is 42.0 Å². The molecular formula is C27H40O4. The lowest BCUT2D eigenvalue weighted by atomic mass is 9.44. The summed E-state index contributed by atoms with van der Waals surface area (Å²) in [5.74, 6) is 2.86. The van der Waals surface area contributed by atoms with Crippen LogP contribution in [0.4, 0.5) is 0 Å². The lowest BCUT2D eigenvalue weighted by molar-refractivity contribution is -0.224. The minimum Gasteiger partial charge on any atom is -0.393 e. The van der Waals surface area contributed by atoms with Crippen LogP contribution in [0.5, 0.6) is 0 Å². The Morgan fingerprint density at radius 2 is 1.90 bits per heavy atom. The van der Waals surface area contributed by atoms with Crippen molar-refractivity contribution < 1.29 is 19.4 Å². The normalized spacial score (nSPS) is 60.4. The third-order valence-electron chi connectivity index (χ3n) is 11.3. The third-order valence-corrected chi connectivity index (χ3v) is 11.3. The molecule has 0 bridgehead atoms. The summed E-state index contributed by atoms with van der Waals surface area (Å²) in [7, 11) is 0. The summed E-state index contributed by atoms with van der Waals surface area (Å²) in [5.41, 5.74) is -0.0672. The zero-order valence-electron chi connectivity index (χ0n) is 19.7. The maximum atomic E-state index is 14.0. The van der Waals surface area contributed by atoms with Crippen molar-refractivity contribution in [3.05, 3.63) is 12.2 Å². The standard InChI is InChI=1S/C27H40O4/c1-15-7-10-27(30-14-15)16(2)24-22(31-27)12-21-19-6-5-17-11-18(28)8-9-25(17,3)20(19)13-23(29)26(21,24)4/h7,10,15-22,24,28H,5-6,8-9,11-14H2,1-4H3/t15-,16+,17+,18+,19-,20+,21+,22+,24+,25+,26-,27-/m1/s1. The lowest BCUT2D eigenvalue weighted by Gasteiger charge is -2.60. The molecule has 0 amide bonds. The van der Waals surface area contributed by atoms with E-state index in [1.807, 2.05) is 0 Å². The molecule has 0 radical (unpaired) electrons. The second-order valence-corrected chi connectivity index (χ2v) is 12.6. The zero-order valence-corrected chi connectivity index (χ0v) is 19.7. The van der Waals surface area contributed by atoms with Gasteiger partial charge in [0.15, 0.2) is 5.79 Å². The van der Waals surface area contributed by atoms with E-state index >= 15 is 0 Å². The van der Waals surface area contributed by atoms with Crippen molar-refractivity contribution >= 4 is 5.78 Å². The Bertz CT molecular complexity index is 807. The molecule has 5 fully saturated rings. The van der Waals surface area contributed by atoms with E-state index in [0.717, 1.165) is 32.1 Å². The molecule has 2 aliphatic heterocycles. The maximum absolute atomic E-state index is 14.0. The van der Waals surface area contributed by atoms with Gasteiger partial charge in [0.25, 0.3) is 0 Å². The van der Waals surface area contributed by atoms with E-state index in [1.165, 1.54) is 12.8 Å². The summed E-state index contributed by atoms with van der Waals surface area (Å²) in [6.45, 7) is 9.87. The first-order chi connectivity index (χ1) is 14.7. The highest BCUT2D eigenvalue weighted by Crippen LogP contribution is 2.70. The molecule has 6 aliphatic rings. The molecular weight excluding hydrogens is 388 g/mol. The quantitative estimate of drug-likeness (QED) is 0.566. The minimum absolute atomic E-state index is 0.129. The van der Waals surface area contributed by atoms with E-state index in [-0.39, 0.29) is 34.9 Å². The fraction of sp³-hybridized carbons (Fsp3) is 0.889. The fourth-order valence-electron chi connectivity index (χ4n) is 9.57. The number of ketones is 1. The number of rotatable bonds is 0. The molecule has 1 N–H and O–H groups in total. The fourth-order valence-corrected chi connectivity index (χ4v) is 9.57. The van der Waals surface area contributed by atoms with E-state index in [2.05, 4.69) is 39.8 Å². The number of fused-ring (bicyclic) bond motifs is 7. The van der Waals surface area contributed by atoms with Gasteiger partial charge in [-0.05, 0) is 79.6 Å². The largest absolute Gasteiger partial charge is 0.393 e. The predicted molar refractivity (Wildman–Crippen MR) is 118 cm³/mol. The minimum atomic E-state index is -0.629. The summed E-state index contributed by atoms with van der Waals surface area (Å²) in [5, 5.41) is 10.3. The van der Waals surface area contributed by atoms with E-state index in [1.54, 1.807) is 0 Å². The molecule has 172 valence electrons. The molecule has 0 aromatic rings. The molecule has 2 heterocycles. The number of hydrogen-bond acceptors (Lipinski definition) is 4. The van der Waals surface area contributed by atoms with Crippen LogP contribution in [0.15, 0.2) is 12.2 Å². The van der Waals surface area contributed by atoms with Crippen LogP contribution in [0.25, 0.3) is 0 Å². The molecule has 1 saturated heterocycles. The molecule has 0 aromatic carbocycles. The predicted octanol–water partition coefficient (Wildman–Crippen LogP) is 4.75. The number of Topliss-reactive ketones (excluding diaryl/α,β-unsaturated/α-hetero) is 1. The maximum Gasteiger partial charge on any atom is 0.191 e. The van der Waals surface area contributed by atoms with Crippen molar-refractivity contribution in [1.29, 1.82) is 0 Å². The van der Waals surface area contributed by atoms with Gasteiger partial charge in [-0.25, -0.2) is 0 Å². The molecule has 4 nitrogen and oxygen atoms in total. The smallest absolute Gasteiger partial charge is 0.191 e. The highest BCUT2D eigenvalue weighted by atomic mass is 16.7. The number of aliphatic hydroxyl groups is 1. The molecule has 4 aliphatic carbocycles. The van der Waals surface area contributed by atoms with Crippen LogP contribution in [0, 0.1) is 52.3 Å². The van der Waals surface area contributed by atoms with E-state index in [9.17, 15) is 9.90 Å². The van der Waals surface area contributed by atoms with Gasteiger partial charge in [0.05, 0.1) is 18.8 Å². The van der Waals surface area contributed by atoms with Gasteiger partial charge in [0, 0.05) is 23.7 Å². The van der Waals surface area contributed by atoms with Crippen LogP contribution in [0.2, 0.25) is 0 Å². The zero-order chi connectivity index (χ0) is 21.8. The molecule has 0 aromatic heterocycles. The van der Waals surface area contributed by atoms with Crippen molar-refractivity contribution in [1.82, 2.24) is 0 Å². The monoisotopic (exact) mass is 428 g/mol. The van der Waals surface area contributed by atoms with Gasteiger partial charge >= 0.3 is 0 Å². The number of carbonyl (C=O) groups excluding carboxylic acids is 1. The number of hydrogen-bond donors (Lipinski definition) is 1. The third kappa shape index (κ3) is 2.62. The highest BCUT2D eigenvalue weighted by Gasteiger charge is 2.71. The Morgan fingerprint density at radius 3 is 2.65 bits per heavy atom. The Balaban J connectivity index is 1.32. The first kappa shape index (κ1) is 20.9. The Labute approximate surface area is 187 Å². The molecule has 0 unspecified atom stereocenters. The van der Waals surface area contributed by atoms with Crippen LogP contribution < -0.4 is 0 Å². The highest BCUT2D eigenvalue weighted by molar-refractivity contribution is 5.87. The Morgan fingerprint density at radius 1 is 1.10 bits per heavy atom. The van der Waals surface area contributed by atoms with Crippen LogP contribution in [0.3, 0.4) is 0 Å². The van der Waals surface area contributed by atoms with Crippen molar-refractivity contribution in [2.75, 3.05) is 6.61 Å².